The zero-order valence-electron chi connectivity index (χ0n) is 20.0. The first kappa shape index (κ1) is 21.2. The molecule has 3 aromatic rings. The number of amides is 1. The molecule has 2 fully saturated rings. The Morgan fingerprint density at radius 1 is 1.12 bits per heavy atom. The first-order chi connectivity index (χ1) is 16.2. The summed E-state index contributed by atoms with van der Waals surface area (Å²) in [5.74, 6) is 0.915. The minimum atomic E-state index is -0.0982. The highest BCUT2D eigenvalue weighted by atomic mass is 16.5. The number of carbonyl (C=O) groups excluding carboxylic acids is 1. The Kier molecular flexibility index (Phi) is 4.58. The molecule has 9 nitrogen and oxygen atoms in total. The number of nitrogens with one attached hydrogen (secondary N) is 1. The van der Waals surface area contributed by atoms with Crippen molar-refractivity contribution in [2.45, 2.75) is 70.2 Å². The molecule has 1 unspecified atom stereocenters. The van der Waals surface area contributed by atoms with E-state index < -0.39 is 0 Å². The Morgan fingerprint density at radius 3 is 2.53 bits per heavy atom. The van der Waals surface area contributed by atoms with Crippen molar-refractivity contribution < 1.29 is 9.53 Å². The second kappa shape index (κ2) is 7.33. The number of ether oxygens (including phenoxy) is 1. The molecular formula is C25H29N7O2. The molecule has 0 aliphatic carbocycles. The lowest BCUT2D eigenvalue weighted by atomic mass is 9.86. The number of aryl methyl sites for hydroxylation is 2. The zero-order chi connectivity index (χ0) is 23.7. The van der Waals surface area contributed by atoms with Crippen LogP contribution in [0.4, 0.5) is 5.82 Å². The summed E-state index contributed by atoms with van der Waals surface area (Å²) in [6.45, 7) is 6.91. The van der Waals surface area contributed by atoms with E-state index in [1.54, 1.807) is 15.8 Å². The molecule has 6 heterocycles. The van der Waals surface area contributed by atoms with Crippen LogP contribution in [0.25, 0.3) is 11.3 Å². The molecule has 3 aliphatic heterocycles. The van der Waals surface area contributed by atoms with Crippen molar-refractivity contribution in [1.82, 2.24) is 30.3 Å². The molecular weight excluding hydrogens is 430 g/mol. The van der Waals surface area contributed by atoms with Crippen LogP contribution >= 0.6 is 0 Å². The van der Waals surface area contributed by atoms with Gasteiger partial charge in [0.1, 0.15) is 6.10 Å². The molecule has 0 saturated carbocycles. The average molecular weight is 460 g/mol. The number of nitrogens with zero attached hydrogens (tertiary/aromatic N) is 6. The Bertz CT molecular complexity index is 1270. The second-order valence-electron chi connectivity index (χ2n) is 10.5. The summed E-state index contributed by atoms with van der Waals surface area (Å²) >= 11 is 0. The first-order valence-corrected chi connectivity index (χ1v) is 11.8. The monoisotopic (exact) mass is 459 g/mol. The molecule has 2 bridgehead atoms. The number of piperidine rings is 1. The fourth-order valence-corrected chi connectivity index (χ4v) is 5.94. The highest BCUT2D eigenvalue weighted by Crippen LogP contribution is 2.43. The molecule has 34 heavy (non-hydrogen) atoms. The van der Waals surface area contributed by atoms with E-state index in [0.717, 1.165) is 35.4 Å². The topological polar surface area (TPSA) is 98.1 Å². The highest BCUT2D eigenvalue weighted by Gasteiger charge is 2.49. The van der Waals surface area contributed by atoms with Gasteiger partial charge >= 0.3 is 0 Å². The Morgan fingerprint density at radius 2 is 1.88 bits per heavy atom. The van der Waals surface area contributed by atoms with E-state index in [-0.39, 0.29) is 23.1 Å². The third kappa shape index (κ3) is 3.55. The molecule has 1 amide bonds. The lowest BCUT2D eigenvalue weighted by Gasteiger charge is -2.41. The van der Waals surface area contributed by atoms with E-state index in [0.29, 0.717) is 23.8 Å². The van der Waals surface area contributed by atoms with Gasteiger partial charge in [0.05, 0.1) is 17.9 Å². The number of rotatable bonds is 4. The van der Waals surface area contributed by atoms with Crippen molar-refractivity contribution in [2.24, 2.45) is 7.05 Å². The maximum Gasteiger partial charge on any atom is 0.260 e. The van der Waals surface area contributed by atoms with Crippen LogP contribution in [0.15, 0.2) is 30.6 Å². The summed E-state index contributed by atoms with van der Waals surface area (Å²) in [7, 11) is 1.87. The largest absolute Gasteiger partial charge is 0.473 e. The standard InChI is InChI=1S/C25H29N7O2/c1-15-19(14-31(4)29-15)20-9-18-16(12-26-20)13-32(23(18)33)21-5-6-22(28-27-21)34-17-10-24(2)7-8-25(3,11-17)30-24/h5-6,9,12,14,17,30H,7-8,10-11,13H2,1-4H3/t17?,24-,25+. The van der Waals surface area contributed by atoms with Crippen molar-refractivity contribution in [3.63, 3.8) is 0 Å². The number of hydrogen-bond acceptors (Lipinski definition) is 7. The van der Waals surface area contributed by atoms with Gasteiger partial charge in [0.2, 0.25) is 5.88 Å². The van der Waals surface area contributed by atoms with Gasteiger partial charge in [0, 0.05) is 66.1 Å². The van der Waals surface area contributed by atoms with E-state index in [2.05, 4.69) is 39.4 Å². The first-order valence-electron chi connectivity index (χ1n) is 11.8. The van der Waals surface area contributed by atoms with Gasteiger partial charge in [0.25, 0.3) is 5.91 Å². The lowest BCUT2D eigenvalue weighted by molar-refractivity contribution is 0.0753. The van der Waals surface area contributed by atoms with Gasteiger partial charge in [-0.3, -0.25) is 19.4 Å². The van der Waals surface area contributed by atoms with Crippen LogP contribution in [-0.4, -0.2) is 48.1 Å². The number of aromatic nitrogens is 5. The van der Waals surface area contributed by atoms with Crippen molar-refractivity contribution >= 4 is 11.7 Å². The Balaban J connectivity index is 1.18. The number of anilines is 1. The molecule has 0 spiro atoms. The predicted molar refractivity (Wildman–Crippen MR) is 127 cm³/mol. The van der Waals surface area contributed by atoms with Crippen LogP contribution in [-0.2, 0) is 13.6 Å². The van der Waals surface area contributed by atoms with Gasteiger partial charge in [0.15, 0.2) is 5.82 Å². The van der Waals surface area contributed by atoms with Crippen molar-refractivity contribution in [2.75, 3.05) is 4.90 Å². The van der Waals surface area contributed by atoms with Crippen LogP contribution in [0.1, 0.15) is 61.1 Å². The fourth-order valence-electron chi connectivity index (χ4n) is 5.94. The average Bonchev–Trinajstić information content (AvgIpc) is 3.38. The third-order valence-corrected chi connectivity index (χ3v) is 7.46. The molecule has 0 aromatic carbocycles. The molecule has 2 saturated heterocycles. The van der Waals surface area contributed by atoms with Crippen molar-refractivity contribution in [3.05, 3.63) is 47.4 Å². The predicted octanol–water partition coefficient (Wildman–Crippen LogP) is 3.18. The minimum Gasteiger partial charge on any atom is -0.473 e. The van der Waals surface area contributed by atoms with Crippen LogP contribution in [0.3, 0.4) is 0 Å². The SMILES string of the molecule is Cc1nn(C)cc1-c1cc2c(cn1)CN(c1ccc(OC3C[C@]4(C)CC[C@](C)(C3)N4)nn1)C2=O. The number of hydrogen-bond donors (Lipinski definition) is 1. The molecule has 3 atom stereocenters. The minimum absolute atomic E-state index is 0.0982. The maximum absolute atomic E-state index is 13.2. The Labute approximate surface area is 198 Å². The van der Waals surface area contributed by atoms with Gasteiger partial charge in [-0.25, -0.2) is 0 Å². The second-order valence-corrected chi connectivity index (χ2v) is 10.5. The molecule has 6 rings (SSSR count). The van der Waals surface area contributed by atoms with E-state index in [4.69, 9.17) is 4.74 Å². The Hall–Kier alpha value is -3.33. The third-order valence-electron chi connectivity index (χ3n) is 7.46. The van der Waals surface area contributed by atoms with Crippen LogP contribution in [0, 0.1) is 6.92 Å². The molecule has 176 valence electrons. The summed E-state index contributed by atoms with van der Waals surface area (Å²) in [5.41, 5.74) is 4.31. The quantitative estimate of drug-likeness (QED) is 0.640. The van der Waals surface area contributed by atoms with Gasteiger partial charge < -0.3 is 10.1 Å². The van der Waals surface area contributed by atoms with Crippen molar-refractivity contribution in [1.29, 1.82) is 0 Å². The van der Waals surface area contributed by atoms with Gasteiger partial charge in [-0.1, -0.05) is 0 Å². The van der Waals surface area contributed by atoms with Crippen LogP contribution < -0.4 is 15.0 Å². The lowest BCUT2D eigenvalue weighted by Crippen LogP contribution is -2.56. The van der Waals surface area contributed by atoms with Gasteiger partial charge in [-0.2, -0.15) is 5.10 Å². The molecule has 3 aromatic heterocycles. The molecule has 9 heteroatoms. The van der Waals surface area contributed by atoms with Crippen molar-refractivity contribution in [3.8, 4) is 17.1 Å². The van der Waals surface area contributed by atoms with Gasteiger partial charge in [-0.05, 0) is 45.7 Å². The van der Waals surface area contributed by atoms with Crippen LogP contribution in [0.5, 0.6) is 5.88 Å². The van der Waals surface area contributed by atoms with Gasteiger partial charge in [-0.15, -0.1) is 10.2 Å². The highest BCUT2D eigenvalue weighted by molar-refractivity contribution is 6.09. The number of carbonyl (C=O) groups is 1. The maximum atomic E-state index is 13.2. The summed E-state index contributed by atoms with van der Waals surface area (Å²) in [6.07, 6.45) is 8.05. The summed E-state index contributed by atoms with van der Waals surface area (Å²) in [6, 6.07) is 5.47. The summed E-state index contributed by atoms with van der Waals surface area (Å²) in [5, 5.41) is 16.8. The smallest absolute Gasteiger partial charge is 0.260 e. The van der Waals surface area contributed by atoms with E-state index in [9.17, 15) is 4.79 Å². The number of fused-ring (bicyclic) bond motifs is 3. The summed E-state index contributed by atoms with van der Waals surface area (Å²) in [4.78, 5) is 19.4. The van der Waals surface area contributed by atoms with Crippen LogP contribution in [0.2, 0.25) is 0 Å². The summed E-state index contributed by atoms with van der Waals surface area (Å²) < 4.78 is 7.97. The molecule has 0 radical (unpaired) electrons. The molecule has 3 aliphatic rings. The van der Waals surface area contributed by atoms with E-state index in [1.807, 2.05) is 38.4 Å². The fraction of sp³-hybridized carbons (Fsp3) is 0.480. The molecule has 1 N–H and O–H groups in total. The zero-order valence-corrected chi connectivity index (χ0v) is 20.0. The van der Waals surface area contributed by atoms with E-state index >= 15 is 0 Å². The number of pyridine rings is 1. The normalized spacial score (nSPS) is 27.8. The van der Waals surface area contributed by atoms with E-state index in [1.165, 1.54) is 12.8 Å².